The van der Waals surface area contributed by atoms with E-state index in [1.54, 1.807) is 25.1 Å². The van der Waals surface area contributed by atoms with Crippen molar-refractivity contribution in [2.75, 3.05) is 20.8 Å². The van der Waals surface area contributed by atoms with Gasteiger partial charge in [-0.3, -0.25) is 9.48 Å². The highest BCUT2D eigenvalue weighted by atomic mass is 16.5. The number of fused-ring (bicyclic) bond motifs is 1. The van der Waals surface area contributed by atoms with Gasteiger partial charge in [-0.25, -0.2) is 4.98 Å². The molecular formula is C24H24N4O3. The maximum atomic E-state index is 13.1. The van der Waals surface area contributed by atoms with Crippen molar-refractivity contribution in [3.8, 4) is 22.8 Å². The number of benzene rings is 2. The molecule has 2 aromatic carbocycles. The number of amides is 1. The minimum absolute atomic E-state index is 0.135. The van der Waals surface area contributed by atoms with Crippen LogP contribution in [0.5, 0.6) is 11.5 Å². The van der Waals surface area contributed by atoms with E-state index in [-0.39, 0.29) is 5.91 Å². The van der Waals surface area contributed by atoms with E-state index in [1.807, 2.05) is 61.8 Å². The summed E-state index contributed by atoms with van der Waals surface area (Å²) in [5, 5.41) is 8.06. The van der Waals surface area contributed by atoms with Gasteiger partial charge in [-0.1, -0.05) is 24.3 Å². The third kappa shape index (κ3) is 4.35. The number of carbonyl (C=O) groups is 1. The second-order valence-electron chi connectivity index (χ2n) is 7.17. The monoisotopic (exact) mass is 416 g/mol. The maximum absolute atomic E-state index is 13.1. The Balaban J connectivity index is 1.55. The van der Waals surface area contributed by atoms with E-state index >= 15 is 0 Å². The Bertz CT molecular complexity index is 1230. The Labute approximate surface area is 180 Å². The number of hydrogen-bond acceptors (Lipinski definition) is 5. The Morgan fingerprint density at radius 2 is 1.87 bits per heavy atom. The first kappa shape index (κ1) is 20.4. The minimum atomic E-state index is -0.135. The Morgan fingerprint density at radius 3 is 2.61 bits per heavy atom. The van der Waals surface area contributed by atoms with Gasteiger partial charge in [-0.2, -0.15) is 5.10 Å². The molecule has 31 heavy (non-hydrogen) atoms. The van der Waals surface area contributed by atoms with E-state index in [0.717, 1.165) is 27.7 Å². The van der Waals surface area contributed by atoms with Crippen molar-refractivity contribution in [2.24, 2.45) is 7.05 Å². The number of methoxy groups -OCH3 is 2. The minimum Gasteiger partial charge on any atom is -0.493 e. The van der Waals surface area contributed by atoms with Crippen LogP contribution in [0.15, 0.2) is 60.9 Å². The van der Waals surface area contributed by atoms with Crippen LogP contribution in [0.3, 0.4) is 0 Å². The highest BCUT2D eigenvalue weighted by Crippen LogP contribution is 2.28. The zero-order chi connectivity index (χ0) is 21.8. The lowest BCUT2D eigenvalue weighted by Gasteiger charge is -2.11. The van der Waals surface area contributed by atoms with E-state index in [2.05, 4.69) is 10.4 Å². The fourth-order valence-corrected chi connectivity index (χ4v) is 3.52. The van der Waals surface area contributed by atoms with Crippen molar-refractivity contribution in [2.45, 2.75) is 6.42 Å². The lowest BCUT2D eigenvalue weighted by atomic mass is 10.0. The third-order valence-corrected chi connectivity index (χ3v) is 5.11. The molecule has 0 saturated heterocycles. The number of aromatic nitrogens is 3. The molecule has 4 rings (SSSR count). The molecule has 7 heteroatoms. The quantitative estimate of drug-likeness (QED) is 0.498. The van der Waals surface area contributed by atoms with Crippen molar-refractivity contribution in [3.05, 3.63) is 72.1 Å². The molecule has 2 heterocycles. The summed E-state index contributed by atoms with van der Waals surface area (Å²) in [5.74, 6) is 1.22. The van der Waals surface area contributed by atoms with Crippen LogP contribution in [-0.2, 0) is 13.5 Å². The summed E-state index contributed by atoms with van der Waals surface area (Å²) in [5.41, 5.74) is 4.00. The van der Waals surface area contributed by atoms with Crippen LogP contribution in [0.4, 0.5) is 0 Å². The van der Waals surface area contributed by atoms with Crippen LogP contribution in [-0.4, -0.2) is 41.4 Å². The number of carbonyl (C=O) groups excluding carboxylic acids is 1. The van der Waals surface area contributed by atoms with Crippen molar-refractivity contribution in [3.63, 3.8) is 0 Å². The molecule has 0 fully saturated rings. The van der Waals surface area contributed by atoms with E-state index < -0.39 is 0 Å². The van der Waals surface area contributed by atoms with E-state index in [1.165, 1.54) is 0 Å². The summed E-state index contributed by atoms with van der Waals surface area (Å²) in [6.45, 7) is 0.493. The first-order valence-electron chi connectivity index (χ1n) is 9.97. The van der Waals surface area contributed by atoms with E-state index in [4.69, 9.17) is 14.5 Å². The van der Waals surface area contributed by atoms with Crippen LogP contribution >= 0.6 is 0 Å². The first-order valence-corrected chi connectivity index (χ1v) is 9.97. The first-order chi connectivity index (χ1) is 15.1. The summed E-state index contributed by atoms with van der Waals surface area (Å²) < 4.78 is 12.3. The summed E-state index contributed by atoms with van der Waals surface area (Å²) in [4.78, 5) is 17.8. The van der Waals surface area contributed by atoms with Gasteiger partial charge >= 0.3 is 0 Å². The van der Waals surface area contributed by atoms with Crippen LogP contribution in [0.2, 0.25) is 0 Å². The predicted molar refractivity (Wildman–Crippen MR) is 120 cm³/mol. The van der Waals surface area contributed by atoms with Gasteiger partial charge in [0, 0.05) is 30.7 Å². The molecule has 2 aromatic heterocycles. The number of aryl methyl sites for hydroxylation is 1. The molecule has 0 aliphatic rings. The smallest absolute Gasteiger partial charge is 0.252 e. The SMILES string of the molecule is COc1ccc(CCNC(=O)c2cc(-c3cnn(C)c3)nc3ccccc23)cc1OC. The van der Waals surface area contributed by atoms with Gasteiger partial charge in [0.25, 0.3) is 5.91 Å². The Hall–Kier alpha value is -3.87. The van der Waals surface area contributed by atoms with Crippen molar-refractivity contribution < 1.29 is 14.3 Å². The number of pyridine rings is 1. The number of hydrogen-bond donors (Lipinski definition) is 1. The number of nitrogens with one attached hydrogen (secondary N) is 1. The van der Waals surface area contributed by atoms with Crippen LogP contribution in [0.25, 0.3) is 22.2 Å². The molecular weight excluding hydrogens is 392 g/mol. The Morgan fingerprint density at radius 1 is 1.06 bits per heavy atom. The number of nitrogens with zero attached hydrogens (tertiary/aromatic N) is 3. The normalized spacial score (nSPS) is 10.8. The van der Waals surface area contributed by atoms with Gasteiger partial charge in [0.2, 0.25) is 0 Å². The average molecular weight is 416 g/mol. The molecule has 0 aliphatic carbocycles. The predicted octanol–water partition coefficient (Wildman–Crippen LogP) is 3.63. The molecule has 0 spiro atoms. The van der Waals surface area contributed by atoms with E-state index in [0.29, 0.717) is 30.0 Å². The lowest BCUT2D eigenvalue weighted by molar-refractivity contribution is 0.0955. The number of rotatable bonds is 7. The summed E-state index contributed by atoms with van der Waals surface area (Å²) in [6.07, 6.45) is 4.30. The second kappa shape index (κ2) is 8.87. The lowest BCUT2D eigenvalue weighted by Crippen LogP contribution is -2.26. The standard InChI is InChI=1S/C24H24N4O3/c1-28-15-17(14-26-28)21-13-19(18-6-4-5-7-20(18)27-21)24(29)25-11-10-16-8-9-22(30-2)23(12-16)31-3/h4-9,12-15H,10-11H2,1-3H3,(H,25,29). The van der Waals surface area contributed by atoms with Crippen molar-refractivity contribution in [1.82, 2.24) is 20.1 Å². The van der Waals surface area contributed by atoms with Gasteiger partial charge in [0.15, 0.2) is 11.5 Å². The summed E-state index contributed by atoms with van der Waals surface area (Å²) in [7, 11) is 5.07. The highest BCUT2D eigenvalue weighted by molar-refractivity contribution is 6.07. The second-order valence-corrected chi connectivity index (χ2v) is 7.17. The molecule has 0 aliphatic heterocycles. The fraction of sp³-hybridized carbons (Fsp3) is 0.208. The zero-order valence-electron chi connectivity index (χ0n) is 17.8. The molecule has 0 radical (unpaired) electrons. The zero-order valence-corrected chi connectivity index (χ0v) is 17.8. The van der Waals surface area contributed by atoms with Gasteiger partial charge in [-0.15, -0.1) is 0 Å². The fourth-order valence-electron chi connectivity index (χ4n) is 3.52. The topological polar surface area (TPSA) is 78.3 Å². The van der Waals surface area contributed by atoms with Gasteiger partial charge < -0.3 is 14.8 Å². The molecule has 7 nitrogen and oxygen atoms in total. The molecule has 1 N–H and O–H groups in total. The van der Waals surface area contributed by atoms with Gasteiger partial charge in [0.1, 0.15) is 0 Å². The number of para-hydroxylation sites is 1. The van der Waals surface area contributed by atoms with Crippen LogP contribution in [0.1, 0.15) is 15.9 Å². The molecule has 0 atom stereocenters. The largest absolute Gasteiger partial charge is 0.493 e. The highest BCUT2D eigenvalue weighted by Gasteiger charge is 2.14. The molecule has 0 unspecified atom stereocenters. The van der Waals surface area contributed by atoms with E-state index in [9.17, 15) is 4.79 Å². The van der Waals surface area contributed by atoms with Crippen LogP contribution in [0, 0.1) is 0 Å². The molecule has 0 saturated carbocycles. The molecule has 158 valence electrons. The number of ether oxygens (including phenoxy) is 2. The van der Waals surface area contributed by atoms with Crippen LogP contribution < -0.4 is 14.8 Å². The van der Waals surface area contributed by atoms with Gasteiger partial charge in [-0.05, 0) is 36.2 Å². The maximum Gasteiger partial charge on any atom is 0.252 e. The molecule has 4 aromatic rings. The molecule has 0 bridgehead atoms. The van der Waals surface area contributed by atoms with Gasteiger partial charge in [0.05, 0.1) is 37.2 Å². The van der Waals surface area contributed by atoms with Crippen molar-refractivity contribution in [1.29, 1.82) is 0 Å². The Kier molecular flexibility index (Phi) is 5.84. The third-order valence-electron chi connectivity index (χ3n) is 5.11. The molecule has 1 amide bonds. The summed E-state index contributed by atoms with van der Waals surface area (Å²) in [6, 6.07) is 15.2. The average Bonchev–Trinajstić information content (AvgIpc) is 3.24. The van der Waals surface area contributed by atoms with Crippen molar-refractivity contribution >= 4 is 16.8 Å². The summed E-state index contributed by atoms with van der Waals surface area (Å²) >= 11 is 0.